The van der Waals surface area contributed by atoms with E-state index in [1.54, 1.807) is 0 Å². The van der Waals surface area contributed by atoms with Crippen LogP contribution in [0.5, 0.6) is 0 Å². The van der Waals surface area contributed by atoms with E-state index in [4.69, 9.17) is 5.11 Å². The Bertz CT molecular complexity index is 480. The van der Waals surface area contributed by atoms with E-state index >= 15 is 0 Å². The van der Waals surface area contributed by atoms with E-state index in [0.717, 1.165) is 29.7 Å². The Morgan fingerprint density at radius 1 is 1.37 bits per heavy atom. The van der Waals surface area contributed by atoms with Gasteiger partial charge in [0.15, 0.2) is 0 Å². The van der Waals surface area contributed by atoms with Crippen molar-refractivity contribution < 1.29 is 9.90 Å². The summed E-state index contributed by atoms with van der Waals surface area (Å²) in [5.41, 5.74) is 2.39. The van der Waals surface area contributed by atoms with Gasteiger partial charge in [0.2, 0.25) is 0 Å². The Hall–Kier alpha value is -1.33. The Balaban J connectivity index is 1.90. The molecule has 0 aliphatic carbocycles. The smallest absolute Gasteiger partial charge is 0.404 e. The van der Waals surface area contributed by atoms with Gasteiger partial charge in [-0.3, -0.25) is 4.90 Å². The molecule has 1 aromatic rings. The van der Waals surface area contributed by atoms with Crippen LogP contribution in [-0.2, 0) is 13.0 Å². The first kappa shape index (κ1) is 14.1. The highest BCUT2D eigenvalue weighted by atomic mass is 79.9. The average Bonchev–Trinajstić information content (AvgIpc) is 2.85. The third-order valence-electron chi connectivity index (χ3n) is 3.10. The van der Waals surface area contributed by atoms with Crippen LogP contribution in [-0.4, -0.2) is 35.7 Å². The SMILES string of the molecule is O=C(O)NCCc1ccc(CN2CC=CC2)c(Br)c1. The first-order valence-corrected chi connectivity index (χ1v) is 7.06. The largest absolute Gasteiger partial charge is 0.465 e. The lowest BCUT2D eigenvalue weighted by Crippen LogP contribution is -2.23. The summed E-state index contributed by atoms with van der Waals surface area (Å²) < 4.78 is 1.09. The van der Waals surface area contributed by atoms with Gasteiger partial charge in [-0.1, -0.05) is 40.2 Å². The van der Waals surface area contributed by atoms with Crippen LogP contribution in [0.3, 0.4) is 0 Å². The first-order valence-electron chi connectivity index (χ1n) is 6.26. The van der Waals surface area contributed by atoms with Gasteiger partial charge in [-0.05, 0) is 23.6 Å². The van der Waals surface area contributed by atoms with Crippen molar-refractivity contribution in [3.63, 3.8) is 0 Å². The molecule has 0 radical (unpaired) electrons. The zero-order chi connectivity index (χ0) is 13.7. The average molecular weight is 325 g/mol. The molecule has 1 aliphatic rings. The summed E-state index contributed by atoms with van der Waals surface area (Å²) in [5.74, 6) is 0. The molecular formula is C14H17BrN2O2. The number of amides is 1. The van der Waals surface area contributed by atoms with Crippen LogP contribution < -0.4 is 5.32 Å². The van der Waals surface area contributed by atoms with E-state index in [0.29, 0.717) is 13.0 Å². The molecule has 0 fully saturated rings. The zero-order valence-electron chi connectivity index (χ0n) is 10.6. The first-order chi connectivity index (χ1) is 9.15. The fourth-order valence-electron chi connectivity index (χ4n) is 2.08. The number of hydrogen-bond donors (Lipinski definition) is 2. The van der Waals surface area contributed by atoms with Crippen molar-refractivity contribution >= 4 is 22.0 Å². The number of halogens is 1. The van der Waals surface area contributed by atoms with E-state index in [1.165, 1.54) is 5.56 Å². The number of benzene rings is 1. The Labute approximate surface area is 121 Å². The molecule has 2 rings (SSSR count). The zero-order valence-corrected chi connectivity index (χ0v) is 12.2. The molecule has 4 nitrogen and oxygen atoms in total. The van der Waals surface area contributed by atoms with E-state index in [-0.39, 0.29) is 0 Å². The van der Waals surface area contributed by atoms with Crippen LogP contribution in [0, 0.1) is 0 Å². The van der Waals surface area contributed by atoms with E-state index in [2.05, 4.69) is 56.5 Å². The van der Waals surface area contributed by atoms with Gasteiger partial charge in [-0.15, -0.1) is 0 Å². The minimum Gasteiger partial charge on any atom is -0.465 e. The molecule has 0 unspecified atom stereocenters. The molecule has 19 heavy (non-hydrogen) atoms. The lowest BCUT2D eigenvalue weighted by molar-refractivity contribution is 0.194. The quantitative estimate of drug-likeness (QED) is 0.819. The number of nitrogens with zero attached hydrogens (tertiary/aromatic N) is 1. The van der Waals surface area contributed by atoms with Gasteiger partial charge >= 0.3 is 6.09 Å². The number of nitrogens with one attached hydrogen (secondary N) is 1. The Kier molecular flexibility index (Phi) is 4.99. The van der Waals surface area contributed by atoms with Gasteiger partial charge in [0.25, 0.3) is 0 Å². The second kappa shape index (κ2) is 6.73. The van der Waals surface area contributed by atoms with E-state index < -0.39 is 6.09 Å². The summed E-state index contributed by atoms with van der Waals surface area (Å²) in [6, 6.07) is 6.24. The van der Waals surface area contributed by atoms with E-state index in [9.17, 15) is 4.79 Å². The number of carboxylic acid groups (broad SMARTS) is 1. The molecule has 1 aromatic carbocycles. The second-order valence-corrected chi connectivity index (χ2v) is 5.43. The summed E-state index contributed by atoms with van der Waals surface area (Å²) in [5, 5.41) is 10.9. The normalized spacial score (nSPS) is 14.8. The summed E-state index contributed by atoms with van der Waals surface area (Å²) in [7, 11) is 0. The standard InChI is InChI=1S/C14H17BrN2O2/c15-13-9-11(5-6-16-14(18)19)3-4-12(13)10-17-7-1-2-8-17/h1-4,9,16H,5-8,10H2,(H,18,19). The maximum absolute atomic E-state index is 10.4. The summed E-state index contributed by atoms with van der Waals surface area (Å²) in [4.78, 5) is 12.7. The van der Waals surface area contributed by atoms with Crippen molar-refractivity contribution in [2.45, 2.75) is 13.0 Å². The highest BCUT2D eigenvalue weighted by Gasteiger charge is 2.09. The number of hydrogen-bond acceptors (Lipinski definition) is 2. The monoisotopic (exact) mass is 324 g/mol. The predicted octanol–water partition coefficient (Wildman–Crippen LogP) is 2.63. The van der Waals surface area contributed by atoms with Gasteiger partial charge in [0.05, 0.1) is 0 Å². The molecule has 2 N–H and O–H groups in total. The van der Waals surface area contributed by atoms with Crippen LogP contribution in [0.25, 0.3) is 0 Å². The number of carbonyl (C=O) groups is 1. The molecule has 0 bridgehead atoms. The predicted molar refractivity (Wildman–Crippen MR) is 78.3 cm³/mol. The topological polar surface area (TPSA) is 52.6 Å². The van der Waals surface area contributed by atoms with Crippen molar-refractivity contribution in [1.29, 1.82) is 0 Å². The Morgan fingerprint density at radius 3 is 2.74 bits per heavy atom. The van der Waals surface area contributed by atoms with Gasteiger partial charge in [0, 0.05) is 30.7 Å². The third kappa shape index (κ3) is 4.36. The molecular weight excluding hydrogens is 308 g/mol. The van der Waals surface area contributed by atoms with Crippen LogP contribution >= 0.6 is 15.9 Å². The lowest BCUT2D eigenvalue weighted by Gasteiger charge is -2.16. The molecule has 0 atom stereocenters. The highest BCUT2D eigenvalue weighted by molar-refractivity contribution is 9.10. The molecule has 5 heteroatoms. The molecule has 1 aliphatic heterocycles. The second-order valence-electron chi connectivity index (χ2n) is 4.57. The van der Waals surface area contributed by atoms with Crippen LogP contribution in [0.15, 0.2) is 34.8 Å². The van der Waals surface area contributed by atoms with Gasteiger partial charge in [0.1, 0.15) is 0 Å². The minimum atomic E-state index is -0.975. The number of rotatable bonds is 5. The van der Waals surface area contributed by atoms with Gasteiger partial charge in [-0.2, -0.15) is 0 Å². The van der Waals surface area contributed by atoms with Crippen LogP contribution in [0.4, 0.5) is 4.79 Å². The van der Waals surface area contributed by atoms with Crippen molar-refractivity contribution in [3.05, 3.63) is 46.0 Å². The molecule has 0 aromatic heterocycles. The molecule has 0 saturated heterocycles. The summed E-state index contributed by atoms with van der Waals surface area (Å²) in [6.07, 6.45) is 4.09. The molecule has 0 spiro atoms. The van der Waals surface area contributed by atoms with Gasteiger partial charge in [-0.25, -0.2) is 4.79 Å². The highest BCUT2D eigenvalue weighted by Crippen LogP contribution is 2.21. The third-order valence-corrected chi connectivity index (χ3v) is 3.83. The fourth-order valence-corrected chi connectivity index (χ4v) is 2.63. The van der Waals surface area contributed by atoms with Crippen LogP contribution in [0.1, 0.15) is 11.1 Å². The summed E-state index contributed by atoms with van der Waals surface area (Å²) >= 11 is 3.59. The molecule has 1 amide bonds. The maximum atomic E-state index is 10.4. The van der Waals surface area contributed by atoms with Crippen molar-refractivity contribution in [3.8, 4) is 0 Å². The van der Waals surface area contributed by atoms with E-state index in [1.807, 2.05) is 0 Å². The van der Waals surface area contributed by atoms with Crippen LogP contribution in [0.2, 0.25) is 0 Å². The fraction of sp³-hybridized carbons (Fsp3) is 0.357. The maximum Gasteiger partial charge on any atom is 0.404 e. The van der Waals surface area contributed by atoms with Gasteiger partial charge < -0.3 is 10.4 Å². The Morgan fingerprint density at radius 2 is 2.11 bits per heavy atom. The minimum absolute atomic E-state index is 0.442. The van der Waals surface area contributed by atoms with Crippen molar-refractivity contribution in [2.75, 3.05) is 19.6 Å². The molecule has 0 saturated carbocycles. The summed E-state index contributed by atoms with van der Waals surface area (Å²) in [6.45, 7) is 3.39. The molecule has 102 valence electrons. The lowest BCUT2D eigenvalue weighted by atomic mass is 10.1. The van der Waals surface area contributed by atoms with Crippen molar-refractivity contribution in [2.24, 2.45) is 0 Å². The molecule has 1 heterocycles. The van der Waals surface area contributed by atoms with Crippen molar-refractivity contribution in [1.82, 2.24) is 10.2 Å².